The molecule has 5 aliphatic rings. The zero-order valence-corrected chi connectivity index (χ0v) is 76.1. The number of hydrogen-bond donors (Lipinski definition) is 15. The van der Waals surface area contributed by atoms with Crippen molar-refractivity contribution in [3.63, 3.8) is 0 Å². The molecule has 0 radical (unpaired) electrons. The summed E-state index contributed by atoms with van der Waals surface area (Å²) in [7, 11) is 0. The standard InChI is InChI=1S/C23H34N4O2.C21H30N4O3.C20H28N4O3.2C16H18ClN3O2/c1-3-4-13-29-23-16-22(19(24)15-20(23)25)27-21-10-9-18(14-17(21)2)26-11-7-5-6-8-12-28;1-3-4-11-28-21-14-20(17(22)13-18(21)23)24-19-6-5-16(12-15(19)2)25(7-9-26)8-10-27;1-2-3-12-27-20-14-19(17(21)13-18(20)22)23-15-4-6-16(7-5-15)24(8-10-25)9-11-26;1-2-3-6-22-16-9-14(12(18)8-13(16)19)20-10-4-5-15(21)11(17)7-10;1-2-3-6-22-16-9-15(12(18)8-13(16)19)20-14-5-4-10(21)7-11(14)17/h9-10,14-16,28H,3-8,11-13,24-25H2,1-2H3;5-6,12-14,22,26-27H,3-4,7-11,23H2,1-2H3;4-7,13-14,21,25-26H,2-3,8-12,22H2,1H3;2*4-5,7-9H,2-3,6,18-19H2,1H3. The topological polar surface area (TPSA) is 518 Å². The third-order valence-corrected chi connectivity index (χ3v) is 19.9. The lowest BCUT2D eigenvalue weighted by atomic mass is 10.0. The first-order valence-electron chi connectivity index (χ1n) is 43.2. The van der Waals surface area contributed by atoms with Crippen LogP contribution in [0, 0.1) is 17.7 Å². The van der Waals surface area contributed by atoms with Crippen LogP contribution in [0.3, 0.4) is 0 Å². The van der Waals surface area contributed by atoms with Gasteiger partial charge >= 0.3 is 0 Å². The van der Waals surface area contributed by atoms with E-state index >= 15 is 0 Å². The van der Waals surface area contributed by atoms with Crippen LogP contribution < -0.4 is 69.9 Å². The molecule has 0 fully saturated rings. The average Bonchev–Trinajstić information content (AvgIpc) is 0.857. The van der Waals surface area contributed by atoms with Gasteiger partial charge in [0.25, 0.3) is 0 Å². The number of allylic oxidation sites excluding steroid dienone is 16. The molecule has 32 heteroatoms. The van der Waals surface area contributed by atoms with E-state index in [2.05, 4.69) is 59.6 Å². The number of aliphatic imine (C=N–C) groups is 6. The van der Waals surface area contributed by atoms with Gasteiger partial charge in [-0.2, -0.15) is 0 Å². The molecule has 688 valence electrons. The third kappa shape index (κ3) is 35.1. The maximum Gasteiger partial charge on any atom is 0.197 e. The summed E-state index contributed by atoms with van der Waals surface area (Å²) < 4.78 is 28.5. The number of nitrogens with one attached hydrogen (secondary N) is 2. The fourth-order valence-electron chi connectivity index (χ4n) is 12.1. The highest BCUT2D eigenvalue weighted by Crippen LogP contribution is 2.38. The van der Waals surface area contributed by atoms with Gasteiger partial charge in [0.2, 0.25) is 0 Å². The van der Waals surface area contributed by atoms with Crippen LogP contribution in [-0.4, -0.2) is 182 Å². The van der Waals surface area contributed by atoms with Gasteiger partial charge < -0.3 is 105 Å². The summed E-state index contributed by atoms with van der Waals surface area (Å²) in [6.07, 6.45) is 35.2. The molecule has 0 saturated carbocycles. The van der Waals surface area contributed by atoms with Crippen molar-refractivity contribution in [2.75, 3.05) is 143 Å². The first-order valence-corrected chi connectivity index (χ1v) is 44.0. The molecule has 5 aromatic carbocycles. The Morgan fingerprint density at radius 2 is 0.797 bits per heavy atom. The Bertz CT molecular complexity index is 5100. The first kappa shape index (κ1) is 104. The summed E-state index contributed by atoms with van der Waals surface area (Å²) in [5.74, 6) is 2.40. The molecular formula is C96H128Cl2N18O12. The van der Waals surface area contributed by atoms with E-state index in [0.29, 0.717) is 179 Å². The number of carbonyl (C=O) groups excluding carboxylic acids is 2. The van der Waals surface area contributed by atoms with Crippen LogP contribution in [0.5, 0.6) is 17.2 Å². The number of unbranched alkanes of at least 4 members (excludes halogenated alkanes) is 8. The molecule has 30 nitrogen and oxygen atoms in total. The predicted octanol–water partition coefficient (Wildman–Crippen LogP) is 15.9. The quantitative estimate of drug-likeness (QED) is 0.00748. The summed E-state index contributed by atoms with van der Waals surface area (Å²) in [6, 6.07) is 23.3. The van der Waals surface area contributed by atoms with Crippen molar-refractivity contribution >= 4 is 154 Å². The van der Waals surface area contributed by atoms with Crippen molar-refractivity contribution in [3.8, 4) is 17.2 Å². The Labute approximate surface area is 761 Å². The molecule has 0 amide bonds. The van der Waals surface area contributed by atoms with E-state index in [9.17, 15) is 19.8 Å². The molecule has 0 aromatic heterocycles. The molecule has 0 bridgehead atoms. The van der Waals surface area contributed by atoms with Gasteiger partial charge in [0.05, 0.1) is 189 Å². The lowest BCUT2D eigenvalue weighted by Gasteiger charge is -2.23. The van der Waals surface area contributed by atoms with Gasteiger partial charge in [0, 0.05) is 87.1 Å². The normalized spacial score (nSPS) is 15.9. The second-order valence-electron chi connectivity index (χ2n) is 29.8. The highest BCUT2D eigenvalue weighted by atomic mass is 35.5. The molecule has 0 unspecified atom stereocenters. The Hall–Kier alpha value is -12.4. The minimum Gasteiger partial charge on any atom is -0.491 e. The summed E-state index contributed by atoms with van der Waals surface area (Å²) in [4.78, 5) is 53.6. The number of hydrogen-bond acceptors (Lipinski definition) is 30. The van der Waals surface area contributed by atoms with Crippen LogP contribution in [0.4, 0.5) is 73.9 Å². The zero-order valence-electron chi connectivity index (χ0n) is 74.6. The van der Waals surface area contributed by atoms with Crippen LogP contribution in [0.25, 0.3) is 0 Å². The number of nitrogen functional groups attached to an aromatic ring is 6. The second-order valence-corrected chi connectivity index (χ2v) is 30.6. The Kier molecular flexibility index (Phi) is 46.2. The third-order valence-electron chi connectivity index (χ3n) is 19.3. The van der Waals surface area contributed by atoms with Gasteiger partial charge in [-0.1, -0.05) is 103 Å². The molecule has 5 aliphatic carbocycles. The first-order chi connectivity index (χ1) is 61.6. The molecule has 0 aliphatic heterocycles. The van der Waals surface area contributed by atoms with Crippen LogP contribution in [-0.2, 0) is 19.1 Å². The van der Waals surface area contributed by atoms with E-state index in [0.717, 1.165) is 136 Å². The largest absolute Gasteiger partial charge is 0.491 e. The van der Waals surface area contributed by atoms with Gasteiger partial charge in [-0.05, 0) is 191 Å². The molecule has 0 atom stereocenters. The second kappa shape index (κ2) is 56.6. The van der Waals surface area contributed by atoms with Crippen molar-refractivity contribution in [2.24, 2.45) is 41.4 Å². The summed E-state index contributed by atoms with van der Waals surface area (Å²) in [5.41, 5.74) is 62.7. The fraction of sp³-hybridized carbons (Fsp3) is 0.375. The number of rotatable bonds is 41. The maximum absolute atomic E-state index is 11.3. The molecule has 10 rings (SSSR count). The smallest absolute Gasteiger partial charge is 0.197 e. The number of nitrogens with two attached hydrogens (primary N) is 8. The Balaban J connectivity index is 0.000000248. The molecule has 23 N–H and O–H groups in total. The van der Waals surface area contributed by atoms with Gasteiger partial charge in [0.1, 0.15) is 28.8 Å². The van der Waals surface area contributed by atoms with Crippen molar-refractivity contribution in [2.45, 2.75) is 138 Å². The van der Waals surface area contributed by atoms with E-state index in [1.165, 1.54) is 24.3 Å². The van der Waals surface area contributed by atoms with E-state index in [-0.39, 0.29) is 66.1 Å². The van der Waals surface area contributed by atoms with Crippen LogP contribution in [0.15, 0.2) is 226 Å². The minimum absolute atomic E-state index is 0.0135. The molecule has 0 heterocycles. The van der Waals surface area contributed by atoms with Gasteiger partial charge in [-0.3, -0.25) is 25.4 Å². The van der Waals surface area contributed by atoms with E-state index in [1.807, 2.05) is 90.4 Å². The monoisotopic (exact) mass is 1790 g/mol. The Morgan fingerprint density at radius 3 is 1.24 bits per heavy atom. The van der Waals surface area contributed by atoms with Crippen molar-refractivity contribution in [3.05, 3.63) is 202 Å². The molecule has 0 spiro atoms. The zero-order chi connectivity index (χ0) is 93.5. The lowest BCUT2D eigenvalue weighted by molar-refractivity contribution is -0.111. The number of anilines is 8. The number of ether oxygens (including phenoxy) is 5. The van der Waals surface area contributed by atoms with Crippen molar-refractivity contribution < 1.29 is 58.8 Å². The van der Waals surface area contributed by atoms with Gasteiger partial charge in [-0.25, -0.2) is 25.0 Å². The highest BCUT2D eigenvalue weighted by Gasteiger charge is 2.21. The molecule has 5 aromatic rings. The van der Waals surface area contributed by atoms with E-state index < -0.39 is 0 Å². The number of ketones is 2. The number of aryl methyl sites for hydroxylation is 1. The molecule has 0 saturated heterocycles. The average molecular weight is 1800 g/mol. The maximum atomic E-state index is 11.3. The number of halogens is 2. The van der Waals surface area contributed by atoms with Gasteiger partial charge in [0.15, 0.2) is 11.6 Å². The van der Waals surface area contributed by atoms with Crippen molar-refractivity contribution in [1.82, 2.24) is 0 Å². The number of benzene rings is 5. The SMILES string of the molecule is CCCCOC1=CC(=Nc2ccc(N(CCO)CCO)cc2)C(=N)C=C1N.CCCCOC1=CC(=Nc2ccc(N(CCO)CCO)cc2C)C(=N)C=C1N.CCCCOc1cc(N=C2C=CC(=NCCCCCCO)C=C2C)c(N)cc1N.CCCCOc1cc(N=C2C=CC(=O)C(Cl)=C2)c(N)cc1N.CCCCOc1cc(N=C2C=CC(=O)C=C2Cl)c(N)cc1N. The van der Waals surface area contributed by atoms with E-state index in [4.69, 9.17) is 124 Å². The summed E-state index contributed by atoms with van der Waals surface area (Å²) in [5, 5.41) is 62.2. The summed E-state index contributed by atoms with van der Waals surface area (Å²) >= 11 is 11.8. The van der Waals surface area contributed by atoms with Crippen LogP contribution in [0.1, 0.15) is 137 Å². The van der Waals surface area contributed by atoms with Crippen LogP contribution >= 0.6 is 23.2 Å². The summed E-state index contributed by atoms with van der Waals surface area (Å²) in [6.45, 7) is 20.3. The van der Waals surface area contributed by atoms with Crippen LogP contribution in [0.2, 0.25) is 0 Å². The molecular weight excluding hydrogens is 1670 g/mol. The predicted molar refractivity (Wildman–Crippen MR) is 528 cm³/mol. The number of carbonyl (C=O) groups is 2. The fourth-order valence-corrected chi connectivity index (χ4v) is 12.5. The minimum atomic E-state index is -0.241. The van der Waals surface area contributed by atoms with E-state index in [1.54, 1.807) is 66.8 Å². The number of nitrogens with zero attached hydrogens (tertiary/aromatic N) is 8. The highest BCUT2D eigenvalue weighted by molar-refractivity contribution is 6.51. The number of aliphatic hydroxyl groups is 5. The molecule has 128 heavy (non-hydrogen) atoms. The Morgan fingerprint density at radius 1 is 0.375 bits per heavy atom. The van der Waals surface area contributed by atoms with Gasteiger partial charge in [-0.15, -0.1) is 0 Å². The van der Waals surface area contributed by atoms with Crippen molar-refractivity contribution in [1.29, 1.82) is 10.8 Å². The lowest BCUT2D eigenvalue weighted by Crippen LogP contribution is -2.29. The number of aliphatic hydroxyl groups excluding tert-OH is 5.